The molecule has 0 amide bonds. The Morgan fingerprint density at radius 3 is 2.21 bits per heavy atom. The van der Waals surface area contributed by atoms with E-state index < -0.39 is 0 Å². The summed E-state index contributed by atoms with van der Waals surface area (Å²) in [6.45, 7) is 0. The molecule has 0 unspecified atom stereocenters. The molecule has 0 aliphatic rings. The molecule has 0 aliphatic carbocycles. The van der Waals surface area contributed by atoms with Crippen molar-refractivity contribution in [2.24, 2.45) is 10.2 Å². The van der Waals surface area contributed by atoms with Crippen LogP contribution in [-0.4, -0.2) is 17.2 Å². The van der Waals surface area contributed by atoms with Crippen molar-refractivity contribution < 1.29 is 0 Å². The summed E-state index contributed by atoms with van der Waals surface area (Å²) in [6, 6.07) is 19.2. The lowest BCUT2D eigenvalue weighted by molar-refractivity contribution is 0.611. The second-order valence-corrected chi connectivity index (χ2v) is 4.22. The molecule has 0 saturated carbocycles. The van der Waals surface area contributed by atoms with Gasteiger partial charge in [-0.3, -0.25) is 10.4 Å². The van der Waals surface area contributed by atoms with Crippen LogP contribution in [-0.2, 0) is 0 Å². The first-order valence-electron chi connectivity index (χ1n) is 5.82. The third-order valence-electron chi connectivity index (χ3n) is 2.36. The van der Waals surface area contributed by atoms with Crippen LogP contribution in [0.3, 0.4) is 0 Å². The first-order valence-corrected chi connectivity index (χ1v) is 6.23. The fourth-order valence-corrected chi connectivity index (χ4v) is 1.50. The van der Waals surface area contributed by atoms with Crippen LogP contribution < -0.4 is 5.43 Å². The molecular formula is C14H14N4S. The van der Waals surface area contributed by atoms with Gasteiger partial charge in [-0.25, -0.2) is 0 Å². The number of nitrogens with one attached hydrogen (secondary N) is 1. The summed E-state index contributed by atoms with van der Waals surface area (Å²) >= 11 is 5.18. The van der Waals surface area contributed by atoms with E-state index in [0.29, 0.717) is 5.11 Å². The molecule has 96 valence electrons. The highest BCUT2D eigenvalue weighted by atomic mass is 32.1. The third-order valence-corrected chi connectivity index (χ3v) is 2.72. The van der Waals surface area contributed by atoms with Gasteiger partial charge in [-0.15, -0.1) is 10.2 Å². The molecule has 4 nitrogen and oxygen atoms in total. The van der Waals surface area contributed by atoms with E-state index in [2.05, 4.69) is 15.7 Å². The molecule has 0 aliphatic heterocycles. The summed E-state index contributed by atoms with van der Waals surface area (Å²) in [5, 5.41) is 10.1. The van der Waals surface area contributed by atoms with Crippen LogP contribution in [0.4, 0.5) is 11.4 Å². The normalized spacial score (nSPS) is 10.4. The van der Waals surface area contributed by atoms with E-state index in [-0.39, 0.29) is 0 Å². The van der Waals surface area contributed by atoms with Gasteiger partial charge in [0.15, 0.2) is 0 Å². The Balaban J connectivity index is 1.95. The number of hydrogen-bond donors (Lipinski definition) is 1. The molecule has 19 heavy (non-hydrogen) atoms. The fourth-order valence-electron chi connectivity index (χ4n) is 1.42. The Kier molecular flexibility index (Phi) is 4.58. The summed E-state index contributed by atoms with van der Waals surface area (Å²) in [6.07, 6.45) is 0. The molecule has 5 heteroatoms. The van der Waals surface area contributed by atoms with Crippen LogP contribution in [0.5, 0.6) is 0 Å². The summed E-state index contributed by atoms with van der Waals surface area (Å²) in [5.41, 5.74) is 4.84. The number of hydrogen-bond acceptors (Lipinski definition) is 3. The van der Waals surface area contributed by atoms with Crippen molar-refractivity contribution in [2.75, 3.05) is 12.5 Å². The topological polar surface area (TPSA) is 40.0 Å². The van der Waals surface area contributed by atoms with E-state index in [1.54, 1.807) is 12.1 Å². The number of anilines is 1. The van der Waals surface area contributed by atoms with Crippen molar-refractivity contribution in [3.63, 3.8) is 0 Å². The summed E-state index contributed by atoms with van der Waals surface area (Å²) in [5.74, 6) is 0. The van der Waals surface area contributed by atoms with Crippen molar-refractivity contribution in [2.45, 2.75) is 0 Å². The second-order valence-electron chi connectivity index (χ2n) is 3.85. The highest BCUT2D eigenvalue weighted by Gasteiger charge is 2.02. The minimum Gasteiger partial charge on any atom is -0.297 e. The lowest BCUT2D eigenvalue weighted by Gasteiger charge is -2.18. The molecule has 0 radical (unpaired) electrons. The highest BCUT2D eigenvalue weighted by Crippen LogP contribution is 2.11. The Morgan fingerprint density at radius 1 is 1.00 bits per heavy atom. The zero-order chi connectivity index (χ0) is 13.5. The Bertz CT molecular complexity index is 554. The first-order chi connectivity index (χ1) is 9.25. The minimum atomic E-state index is 0.368. The second kappa shape index (κ2) is 6.61. The predicted molar refractivity (Wildman–Crippen MR) is 81.4 cm³/mol. The molecule has 0 saturated heterocycles. The molecule has 0 spiro atoms. The Morgan fingerprint density at radius 2 is 1.58 bits per heavy atom. The van der Waals surface area contributed by atoms with Gasteiger partial charge < -0.3 is 0 Å². The Labute approximate surface area is 117 Å². The maximum Gasteiger partial charge on any atom is 0.234 e. The van der Waals surface area contributed by atoms with Crippen LogP contribution in [0.2, 0.25) is 0 Å². The fraction of sp³-hybridized carbons (Fsp3) is 0.0714. The molecule has 2 aromatic rings. The predicted octanol–water partition coefficient (Wildman–Crippen LogP) is 4.01. The molecule has 2 rings (SSSR count). The number of azo groups is 1. The van der Waals surface area contributed by atoms with Crippen LogP contribution in [0.15, 0.2) is 70.9 Å². The zero-order valence-corrected chi connectivity index (χ0v) is 11.3. The zero-order valence-electron chi connectivity index (χ0n) is 10.5. The van der Waals surface area contributed by atoms with Crippen molar-refractivity contribution in [1.29, 1.82) is 0 Å². The van der Waals surface area contributed by atoms with E-state index in [0.717, 1.165) is 11.4 Å². The average Bonchev–Trinajstić information content (AvgIpc) is 2.47. The van der Waals surface area contributed by atoms with E-state index in [1.807, 2.05) is 60.7 Å². The molecule has 0 atom stereocenters. The average molecular weight is 270 g/mol. The van der Waals surface area contributed by atoms with Crippen LogP contribution >= 0.6 is 12.2 Å². The van der Waals surface area contributed by atoms with Gasteiger partial charge in [0.1, 0.15) is 0 Å². The van der Waals surface area contributed by atoms with Crippen molar-refractivity contribution in [3.8, 4) is 0 Å². The smallest absolute Gasteiger partial charge is 0.234 e. The van der Waals surface area contributed by atoms with Gasteiger partial charge in [0.05, 0.1) is 11.4 Å². The summed E-state index contributed by atoms with van der Waals surface area (Å²) in [4.78, 5) is 0. The van der Waals surface area contributed by atoms with Crippen molar-refractivity contribution in [1.82, 2.24) is 5.01 Å². The van der Waals surface area contributed by atoms with Crippen LogP contribution in [0.1, 0.15) is 0 Å². The molecule has 0 bridgehead atoms. The van der Waals surface area contributed by atoms with Crippen LogP contribution in [0, 0.1) is 0 Å². The van der Waals surface area contributed by atoms with Crippen LogP contribution in [0.25, 0.3) is 0 Å². The standard InChI is InChI=1S/C14H14N4S/c1-18(17-13-10-6-3-7-11-13)14(19)16-15-12-8-4-2-5-9-12/h2-11,17H,1H3. The molecular weight excluding hydrogens is 256 g/mol. The molecule has 0 fully saturated rings. The quantitative estimate of drug-likeness (QED) is 0.520. The summed E-state index contributed by atoms with van der Waals surface area (Å²) < 4.78 is 0. The molecule has 1 N–H and O–H groups in total. The number of para-hydroxylation sites is 1. The van der Waals surface area contributed by atoms with Gasteiger partial charge >= 0.3 is 0 Å². The van der Waals surface area contributed by atoms with Gasteiger partial charge in [0.2, 0.25) is 5.11 Å². The van der Waals surface area contributed by atoms with E-state index in [9.17, 15) is 0 Å². The van der Waals surface area contributed by atoms with Gasteiger partial charge in [0, 0.05) is 7.05 Å². The van der Waals surface area contributed by atoms with Crippen molar-refractivity contribution in [3.05, 3.63) is 60.7 Å². The summed E-state index contributed by atoms with van der Waals surface area (Å²) in [7, 11) is 1.80. The van der Waals surface area contributed by atoms with E-state index in [4.69, 9.17) is 12.2 Å². The maximum atomic E-state index is 5.18. The number of benzene rings is 2. The van der Waals surface area contributed by atoms with Crippen molar-refractivity contribution >= 4 is 28.7 Å². The SMILES string of the molecule is CN(Nc1ccccc1)C(=S)N=Nc1ccccc1. The molecule has 2 aromatic carbocycles. The van der Waals surface area contributed by atoms with Gasteiger partial charge in [-0.05, 0) is 36.5 Å². The lowest BCUT2D eigenvalue weighted by atomic mass is 10.3. The number of rotatable bonds is 3. The maximum absolute atomic E-state index is 5.18. The lowest BCUT2D eigenvalue weighted by Crippen LogP contribution is -2.29. The monoisotopic (exact) mass is 270 g/mol. The van der Waals surface area contributed by atoms with E-state index in [1.165, 1.54) is 0 Å². The van der Waals surface area contributed by atoms with Gasteiger partial charge in [-0.2, -0.15) is 0 Å². The van der Waals surface area contributed by atoms with Gasteiger partial charge in [-0.1, -0.05) is 36.4 Å². The highest BCUT2D eigenvalue weighted by molar-refractivity contribution is 7.80. The molecule has 0 heterocycles. The number of thiocarbonyl (C=S) groups is 1. The Hall–Kier alpha value is -2.27. The number of nitrogens with zero attached hydrogens (tertiary/aromatic N) is 3. The largest absolute Gasteiger partial charge is 0.297 e. The van der Waals surface area contributed by atoms with Gasteiger partial charge in [0.25, 0.3) is 0 Å². The molecule has 0 aromatic heterocycles. The van der Waals surface area contributed by atoms with E-state index >= 15 is 0 Å². The first kappa shape index (κ1) is 13.2. The minimum absolute atomic E-state index is 0.368. The number of hydrazine groups is 1. The third kappa shape index (κ3) is 4.15.